The van der Waals surface area contributed by atoms with Crippen LogP contribution in [0.5, 0.6) is 11.5 Å². The summed E-state index contributed by atoms with van der Waals surface area (Å²) in [6.45, 7) is 2.85. The largest absolute Gasteiger partial charge is 0.497 e. The van der Waals surface area contributed by atoms with E-state index < -0.39 is 0 Å². The van der Waals surface area contributed by atoms with Gasteiger partial charge in [0.15, 0.2) is 0 Å². The van der Waals surface area contributed by atoms with Gasteiger partial charge in [0.05, 0.1) is 7.11 Å². The Balaban J connectivity index is 1.58. The van der Waals surface area contributed by atoms with E-state index >= 15 is 0 Å². The number of rotatable bonds is 5. The molecule has 1 unspecified atom stereocenters. The highest BCUT2D eigenvalue weighted by atomic mass is 16.5. The van der Waals surface area contributed by atoms with Crippen molar-refractivity contribution >= 4 is 5.97 Å². The number of nitrogens with zero attached hydrogens (tertiary/aromatic N) is 1. The topological polar surface area (TPSA) is 38.5 Å². The molecule has 0 aliphatic carbocycles. The molecule has 1 heterocycles. The van der Waals surface area contributed by atoms with Crippen molar-refractivity contribution in [1.29, 1.82) is 0 Å². The van der Waals surface area contributed by atoms with E-state index in [9.17, 15) is 4.79 Å². The van der Waals surface area contributed by atoms with Crippen molar-refractivity contribution in [2.75, 3.05) is 13.7 Å². The minimum Gasteiger partial charge on any atom is -0.497 e. The molecule has 4 nitrogen and oxygen atoms in total. The van der Waals surface area contributed by atoms with Crippen LogP contribution < -0.4 is 9.47 Å². The maximum atomic E-state index is 12.2. The van der Waals surface area contributed by atoms with Crippen molar-refractivity contribution in [3.63, 3.8) is 0 Å². The Kier molecular flexibility index (Phi) is 4.11. The summed E-state index contributed by atoms with van der Waals surface area (Å²) in [6, 6.07) is 17.3. The molecule has 0 spiro atoms. The van der Waals surface area contributed by atoms with Crippen LogP contribution in [0.25, 0.3) is 0 Å². The Labute approximate surface area is 130 Å². The molecule has 0 amide bonds. The van der Waals surface area contributed by atoms with Crippen molar-refractivity contribution in [3.05, 3.63) is 60.2 Å². The molecular formula is C18H19NO3. The molecule has 1 aliphatic heterocycles. The fourth-order valence-electron chi connectivity index (χ4n) is 2.54. The van der Waals surface area contributed by atoms with Gasteiger partial charge in [-0.3, -0.25) is 4.90 Å². The third-order valence-corrected chi connectivity index (χ3v) is 3.98. The van der Waals surface area contributed by atoms with Crippen LogP contribution in [0.2, 0.25) is 0 Å². The van der Waals surface area contributed by atoms with Crippen molar-refractivity contribution < 1.29 is 14.3 Å². The van der Waals surface area contributed by atoms with E-state index in [1.165, 1.54) is 5.56 Å². The number of hydrogen-bond donors (Lipinski definition) is 0. The van der Waals surface area contributed by atoms with Crippen LogP contribution in [-0.2, 0) is 4.79 Å². The van der Waals surface area contributed by atoms with Crippen LogP contribution in [0.1, 0.15) is 18.5 Å². The van der Waals surface area contributed by atoms with Gasteiger partial charge in [-0.2, -0.15) is 0 Å². The van der Waals surface area contributed by atoms with Gasteiger partial charge in [-0.05, 0) is 36.8 Å². The van der Waals surface area contributed by atoms with Crippen molar-refractivity contribution in [2.45, 2.75) is 19.0 Å². The van der Waals surface area contributed by atoms with Gasteiger partial charge in [-0.25, -0.2) is 4.79 Å². The Morgan fingerprint density at radius 1 is 1.09 bits per heavy atom. The molecule has 114 valence electrons. The highest BCUT2D eigenvalue weighted by molar-refractivity contribution is 5.81. The van der Waals surface area contributed by atoms with Crippen LogP contribution in [0.4, 0.5) is 0 Å². The Bertz CT molecular complexity index is 639. The first-order valence-corrected chi connectivity index (χ1v) is 7.35. The van der Waals surface area contributed by atoms with Gasteiger partial charge in [0.25, 0.3) is 0 Å². The summed E-state index contributed by atoms with van der Waals surface area (Å²) in [6.07, 6.45) is 0. The van der Waals surface area contributed by atoms with Crippen LogP contribution >= 0.6 is 0 Å². The standard InChI is InChI=1S/C18H19NO3/c1-13(14-6-4-3-5-7-14)19-12-17(19)18(20)22-16-10-8-15(21-2)9-11-16/h3-11,13,17H,12H2,1-2H3/t13-,17+,19?/m0/s1. The molecule has 3 atom stereocenters. The van der Waals surface area contributed by atoms with Crippen molar-refractivity contribution in [2.24, 2.45) is 0 Å². The second-order valence-electron chi connectivity index (χ2n) is 5.40. The van der Waals surface area contributed by atoms with E-state index in [1.807, 2.05) is 18.2 Å². The fourth-order valence-corrected chi connectivity index (χ4v) is 2.54. The zero-order chi connectivity index (χ0) is 15.5. The molecule has 0 radical (unpaired) electrons. The molecule has 2 aromatic rings. The smallest absolute Gasteiger partial charge is 0.330 e. The molecule has 4 heteroatoms. The quantitative estimate of drug-likeness (QED) is 0.483. The zero-order valence-corrected chi connectivity index (χ0v) is 12.7. The first-order chi connectivity index (χ1) is 10.7. The van der Waals surface area contributed by atoms with Crippen LogP contribution in [0, 0.1) is 0 Å². The molecule has 2 aromatic carbocycles. The molecule has 1 fully saturated rings. The Morgan fingerprint density at radius 2 is 1.73 bits per heavy atom. The van der Waals surface area contributed by atoms with Crippen LogP contribution in [0.15, 0.2) is 54.6 Å². The third-order valence-electron chi connectivity index (χ3n) is 3.98. The summed E-state index contributed by atoms with van der Waals surface area (Å²) in [5.41, 5.74) is 1.21. The van der Waals surface area contributed by atoms with Gasteiger partial charge in [0, 0.05) is 12.6 Å². The maximum absolute atomic E-state index is 12.2. The molecule has 22 heavy (non-hydrogen) atoms. The van der Waals surface area contributed by atoms with E-state index in [1.54, 1.807) is 31.4 Å². The number of carbonyl (C=O) groups is 1. The van der Waals surface area contributed by atoms with Gasteiger partial charge in [0.1, 0.15) is 17.5 Å². The molecule has 1 aliphatic rings. The van der Waals surface area contributed by atoms with Crippen LogP contribution in [0.3, 0.4) is 0 Å². The first-order valence-electron chi connectivity index (χ1n) is 7.35. The van der Waals surface area contributed by atoms with Gasteiger partial charge < -0.3 is 9.47 Å². The monoisotopic (exact) mass is 297 g/mol. The number of methoxy groups -OCH3 is 1. The SMILES string of the molecule is COc1ccc(OC(=O)[C@H]2CN2[C@@H](C)c2ccccc2)cc1. The molecular weight excluding hydrogens is 278 g/mol. The summed E-state index contributed by atoms with van der Waals surface area (Å²) in [5.74, 6) is 1.09. The van der Waals surface area contributed by atoms with Gasteiger partial charge in [-0.1, -0.05) is 30.3 Å². The zero-order valence-electron chi connectivity index (χ0n) is 12.7. The van der Waals surface area contributed by atoms with E-state index in [-0.39, 0.29) is 18.1 Å². The lowest BCUT2D eigenvalue weighted by Crippen LogP contribution is -2.20. The second-order valence-corrected chi connectivity index (χ2v) is 5.40. The number of benzene rings is 2. The summed E-state index contributed by atoms with van der Waals surface area (Å²) in [5, 5.41) is 0. The number of ether oxygens (including phenoxy) is 2. The van der Waals surface area contributed by atoms with Gasteiger partial charge >= 0.3 is 5.97 Å². The summed E-state index contributed by atoms with van der Waals surface area (Å²) in [4.78, 5) is 14.3. The molecule has 0 bridgehead atoms. The minimum atomic E-state index is -0.201. The lowest BCUT2D eigenvalue weighted by atomic mass is 10.1. The minimum absolute atomic E-state index is 0.155. The summed E-state index contributed by atoms with van der Waals surface area (Å²) < 4.78 is 10.5. The van der Waals surface area contributed by atoms with E-state index in [2.05, 4.69) is 24.0 Å². The predicted octanol–water partition coefficient (Wildman–Crippen LogP) is 3.05. The molecule has 0 saturated carbocycles. The molecule has 3 rings (SSSR count). The summed E-state index contributed by atoms with van der Waals surface area (Å²) >= 11 is 0. The normalized spacial score (nSPS) is 21.0. The second kappa shape index (κ2) is 6.20. The van der Waals surface area contributed by atoms with E-state index in [0.717, 1.165) is 12.3 Å². The number of carbonyl (C=O) groups excluding carboxylic acids is 1. The van der Waals surface area contributed by atoms with E-state index in [0.29, 0.717) is 5.75 Å². The first kappa shape index (κ1) is 14.6. The van der Waals surface area contributed by atoms with Crippen molar-refractivity contribution in [1.82, 2.24) is 4.90 Å². The third kappa shape index (κ3) is 3.12. The number of hydrogen-bond acceptors (Lipinski definition) is 4. The molecule has 0 N–H and O–H groups in total. The molecule has 0 aromatic heterocycles. The highest BCUT2D eigenvalue weighted by Crippen LogP contribution is 2.32. The Hall–Kier alpha value is -2.33. The van der Waals surface area contributed by atoms with E-state index in [4.69, 9.17) is 9.47 Å². The Morgan fingerprint density at radius 3 is 2.36 bits per heavy atom. The lowest BCUT2D eigenvalue weighted by molar-refractivity contribution is -0.134. The van der Waals surface area contributed by atoms with Crippen molar-refractivity contribution in [3.8, 4) is 11.5 Å². The summed E-state index contributed by atoms with van der Waals surface area (Å²) in [7, 11) is 1.61. The average Bonchev–Trinajstić information content (AvgIpc) is 3.36. The predicted molar refractivity (Wildman–Crippen MR) is 84.0 cm³/mol. The number of esters is 1. The maximum Gasteiger partial charge on any atom is 0.330 e. The molecule has 1 saturated heterocycles. The average molecular weight is 297 g/mol. The van der Waals surface area contributed by atoms with Crippen LogP contribution in [-0.4, -0.2) is 30.6 Å². The van der Waals surface area contributed by atoms with Gasteiger partial charge in [-0.15, -0.1) is 0 Å². The lowest BCUT2D eigenvalue weighted by Gasteiger charge is -2.14. The fraction of sp³-hybridized carbons (Fsp3) is 0.278. The van der Waals surface area contributed by atoms with Gasteiger partial charge in [0.2, 0.25) is 0 Å². The highest BCUT2D eigenvalue weighted by Gasteiger charge is 2.45.